The number of phosphoric ester groups is 1. The second-order valence-electron chi connectivity index (χ2n) is 17.6. The highest BCUT2D eigenvalue weighted by Gasteiger charge is 2.36. The lowest BCUT2D eigenvalue weighted by Crippen LogP contribution is -2.39. The number of aliphatic imine (C=N–C) groups is 1. The van der Waals surface area contributed by atoms with Crippen LogP contribution in [0.4, 0.5) is 5.95 Å². The van der Waals surface area contributed by atoms with E-state index in [1.165, 1.54) is 28.4 Å². The molecule has 1 fully saturated rings. The number of phosphoric acid groups is 1. The Hall–Kier alpha value is -2.25. The van der Waals surface area contributed by atoms with Crippen molar-refractivity contribution in [1.29, 1.82) is 0 Å². The lowest BCUT2D eigenvalue weighted by Gasteiger charge is -2.33. The molecule has 2 aromatic heterocycles. The second kappa shape index (κ2) is 18.8. The lowest BCUT2D eigenvalue weighted by atomic mass is 10.0. The molecule has 310 valence electrons. The molecule has 0 radical (unpaired) electrons. The van der Waals surface area contributed by atoms with Crippen LogP contribution >= 0.6 is 29.7 Å². The smallest absolute Gasteiger partial charge is 0.467 e. The number of rotatable bonds is 18. The normalized spacial score (nSPS) is 17.1. The van der Waals surface area contributed by atoms with Crippen molar-refractivity contribution in [3.05, 3.63) is 59.3 Å². The Morgan fingerprint density at radius 1 is 1.02 bits per heavy atom. The van der Waals surface area contributed by atoms with Crippen LogP contribution in [0.5, 0.6) is 5.19 Å². The molecule has 0 atom stereocenters. The van der Waals surface area contributed by atoms with E-state index in [9.17, 15) is 13.7 Å². The number of aromatic nitrogens is 3. The first-order chi connectivity index (χ1) is 26.2. The molecule has 2 N–H and O–H groups in total. The summed E-state index contributed by atoms with van der Waals surface area (Å²) in [6, 6.07) is 7.68. The molecule has 12 nitrogen and oxygen atoms in total. The van der Waals surface area contributed by atoms with Crippen molar-refractivity contribution >= 4 is 72.7 Å². The maximum atomic E-state index is 13.9. The highest BCUT2D eigenvalue weighted by Crippen LogP contribution is 2.54. The van der Waals surface area contributed by atoms with E-state index in [0.29, 0.717) is 18.2 Å². The van der Waals surface area contributed by atoms with Gasteiger partial charge in [0.05, 0.1) is 29.0 Å². The van der Waals surface area contributed by atoms with Gasteiger partial charge in [-0.15, -0.1) is 10.6 Å². The van der Waals surface area contributed by atoms with Gasteiger partial charge in [-0.05, 0) is 79.8 Å². The number of piperidine rings is 1. The van der Waals surface area contributed by atoms with Crippen LogP contribution in [0, 0.1) is 0 Å². The predicted molar refractivity (Wildman–Crippen MR) is 239 cm³/mol. The van der Waals surface area contributed by atoms with E-state index < -0.39 is 40.2 Å². The van der Waals surface area contributed by atoms with Crippen LogP contribution in [0.25, 0.3) is 15.8 Å². The Balaban J connectivity index is 1.21. The van der Waals surface area contributed by atoms with Gasteiger partial charge >= 0.3 is 7.82 Å². The third-order valence-corrected chi connectivity index (χ3v) is 16.8. The van der Waals surface area contributed by atoms with Crippen molar-refractivity contribution in [1.82, 2.24) is 15.0 Å². The second-order valence-corrected chi connectivity index (χ2v) is 33.3. The minimum absolute atomic E-state index is 0.0658. The fourth-order valence-corrected chi connectivity index (χ4v) is 11.4. The maximum absolute atomic E-state index is 13.9. The largest absolute Gasteiger partial charge is 0.475 e. The molecule has 3 aromatic rings. The van der Waals surface area contributed by atoms with Gasteiger partial charge in [0.2, 0.25) is 5.95 Å². The molecule has 0 unspecified atom stereocenters. The van der Waals surface area contributed by atoms with E-state index in [4.69, 9.17) is 23.3 Å². The van der Waals surface area contributed by atoms with Crippen molar-refractivity contribution in [2.75, 3.05) is 37.7 Å². The molecular weight excluding hydrogens is 802 g/mol. The number of hydrogen-bond donors (Lipinski definition) is 2. The number of thiazole rings is 1. The third kappa shape index (κ3) is 13.7. The molecule has 0 saturated carbocycles. The molecule has 2 aliphatic heterocycles. The summed E-state index contributed by atoms with van der Waals surface area (Å²) in [7, 11) is -10.3. The summed E-state index contributed by atoms with van der Waals surface area (Å²) < 4.78 is 61.6. The maximum Gasteiger partial charge on any atom is 0.475 e. The van der Waals surface area contributed by atoms with Crippen LogP contribution in [-0.4, -0.2) is 89.8 Å². The van der Waals surface area contributed by atoms with Gasteiger partial charge in [-0.2, -0.15) is 0 Å². The fraction of sp³-hybridized carbons (Fsp3) is 0.590. The summed E-state index contributed by atoms with van der Waals surface area (Å²) in [5, 5.41) is 2.14. The minimum Gasteiger partial charge on any atom is -0.467 e. The topological polar surface area (TPSA) is 149 Å². The molecule has 17 heteroatoms. The van der Waals surface area contributed by atoms with E-state index in [-0.39, 0.29) is 24.4 Å². The van der Waals surface area contributed by atoms with Gasteiger partial charge in [0.15, 0.2) is 0 Å². The number of fused-ring (bicyclic) bond motifs is 1. The summed E-state index contributed by atoms with van der Waals surface area (Å²) in [5.41, 5.74) is 2.75. The number of dihydropyridines is 1. The molecular formula is C39H62N5O7PS2Si2. The van der Waals surface area contributed by atoms with Crippen LogP contribution in [0.15, 0.2) is 53.1 Å². The van der Waals surface area contributed by atoms with Gasteiger partial charge < -0.3 is 9.64 Å². The third-order valence-electron chi connectivity index (χ3n) is 9.43. The number of anilines is 1. The fourth-order valence-electron chi connectivity index (χ4n) is 6.03. The highest BCUT2D eigenvalue weighted by molar-refractivity contribution is 8.39. The summed E-state index contributed by atoms with van der Waals surface area (Å²) in [5.74, 6) is 0.773. The Labute approximate surface area is 341 Å². The van der Waals surface area contributed by atoms with Crippen molar-refractivity contribution in [2.24, 2.45) is 4.99 Å². The van der Waals surface area contributed by atoms with Gasteiger partial charge in [-0.25, -0.2) is 19.5 Å². The number of ether oxygens (including phenoxy) is 1. The molecule has 1 aromatic carbocycles. The van der Waals surface area contributed by atoms with Crippen molar-refractivity contribution in [3.63, 3.8) is 0 Å². The molecule has 0 aliphatic carbocycles. The van der Waals surface area contributed by atoms with Gasteiger partial charge in [-0.1, -0.05) is 70.0 Å². The number of nitrogens with zero attached hydrogens (tertiary/aromatic N) is 5. The summed E-state index contributed by atoms with van der Waals surface area (Å²) >= 11 is 1.52. The Kier molecular flexibility index (Phi) is 15.0. The van der Waals surface area contributed by atoms with E-state index >= 15 is 0 Å². The highest BCUT2D eigenvalue weighted by atomic mass is 32.3. The van der Waals surface area contributed by atoms with Crippen molar-refractivity contribution in [2.45, 2.75) is 116 Å². The van der Waals surface area contributed by atoms with E-state index in [0.717, 1.165) is 78.2 Å². The number of aryl methyl sites for hydroxylation is 1. The van der Waals surface area contributed by atoms with Crippen LogP contribution in [0.3, 0.4) is 0 Å². The molecule has 56 heavy (non-hydrogen) atoms. The quantitative estimate of drug-likeness (QED) is 0.0929. The minimum atomic E-state index is -3.95. The predicted octanol–water partition coefficient (Wildman–Crippen LogP) is 11.1. The molecule has 5 rings (SSSR count). The Morgan fingerprint density at radius 3 is 2.27 bits per heavy atom. The molecule has 0 bridgehead atoms. The monoisotopic (exact) mass is 863 g/mol. The zero-order chi connectivity index (χ0) is 40.8. The Bertz CT molecular complexity index is 1890. The standard InChI is InChI=1S/C39H62N5O7PS2Si2/c1-10-11-30-28-41-37(42-29-30)44-19-15-33(16-20-44)50-38-43-34-13-12-31(26-35(34)53-38)32-14-18-40-36(27-32)54(46,47)23-17-39(2,3)51-52(45,48-21-24-55(4,5)6)49-22-25-56(7,8)9/h12-13,17,23,26-29,33,46-47H,10-11,14-16,18-22,24-25H2,1-9H3. The lowest BCUT2D eigenvalue weighted by molar-refractivity contribution is 0.0629. The number of benzene rings is 1. The van der Waals surface area contributed by atoms with Gasteiger partial charge in [0.1, 0.15) is 11.1 Å². The first-order valence-corrected chi connectivity index (χ1v) is 31.0. The van der Waals surface area contributed by atoms with Gasteiger partial charge in [0.25, 0.3) is 5.19 Å². The zero-order valence-corrected chi connectivity index (χ0v) is 39.1. The first kappa shape index (κ1) is 44.8. The van der Waals surface area contributed by atoms with Crippen molar-refractivity contribution < 1.29 is 32.0 Å². The van der Waals surface area contributed by atoms with Gasteiger partial charge in [-0.3, -0.25) is 27.7 Å². The van der Waals surface area contributed by atoms with Gasteiger partial charge in [0, 0.05) is 66.4 Å². The number of hydrogen-bond acceptors (Lipinski definition) is 13. The molecule has 2 aliphatic rings. The van der Waals surface area contributed by atoms with E-state index in [1.54, 1.807) is 19.9 Å². The van der Waals surface area contributed by atoms with Crippen molar-refractivity contribution in [3.8, 4) is 5.19 Å². The van der Waals surface area contributed by atoms with Crippen LogP contribution < -0.4 is 9.64 Å². The van der Waals surface area contributed by atoms with E-state index in [2.05, 4.69) is 72.1 Å². The average molecular weight is 864 g/mol. The van der Waals surface area contributed by atoms with Crippen LogP contribution in [0.1, 0.15) is 57.6 Å². The SMILES string of the molecule is CCCc1cnc(N2CCC(Oc3nc4ccc(C5=CC(S(O)(O)C=CC(C)(C)OP(=O)(OCC[Si](C)(C)C)OCC[Si](C)(C)C)=NCC5)cc4s3)CC2)nc1. The molecule has 4 heterocycles. The summed E-state index contributed by atoms with van der Waals surface area (Å²) in [6.45, 7) is 21.5. The van der Waals surface area contributed by atoms with E-state index in [1.807, 2.05) is 24.5 Å². The average Bonchev–Trinajstić information content (AvgIpc) is 3.52. The summed E-state index contributed by atoms with van der Waals surface area (Å²) in [6.07, 6.45) is 11.6. The molecule has 1 saturated heterocycles. The van der Waals surface area contributed by atoms with Crippen LogP contribution in [-0.2, 0) is 24.6 Å². The Morgan fingerprint density at radius 2 is 1.66 bits per heavy atom. The molecule has 0 spiro atoms. The molecule has 0 amide bonds. The zero-order valence-electron chi connectivity index (χ0n) is 34.6. The first-order valence-electron chi connectivity index (χ1n) is 19.7. The summed E-state index contributed by atoms with van der Waals surface area (Å²) in [4.78, 5) is 20.6. The van der Waals surface area contributed by atoms with Crippen LogP contribution in [0.2, 0.25) is 51.4 Å².